The number of carbonyl (C=O) groups excluding carboxylic acids is 2. The summed E-state index contributed by atoms with van der Waals surface area (Å²) < 4.78 is 56.9. The number of aromatic nitrogens is 2. The molecule has 1 aliphatic heterocycles. The van der Waals surface area contributed by atoms with Gasteiger partial charge < -0.3 is 10.6 Å². The number of fused-ring (bicyclic) bond motifs is 1. The second-order valence-corrected chi connectivity index (χ2v) is 12.2. The van der Waals surface area contributed by atoms with Crippen LogP contribution in [0, 0.1) is 5.41 Å². The lowest BCUT2D eigenvalue weighted by Gasteiger charge is -2.42. The summed E-state index contributed by atoms with van der Waals surface area (Å²) in [6.07, 6.45) is 3.86. The first-order valence-electron chi connectivity index (χ1n) is 14.6. The van der Waals surface area contributed by atoms with Gasteiger partial charge in [0.15, 0.2) is 0 Å². The molecule has 4 atom stereocenters. The van der Waals surface area contributed by atoms with Crippen molar-refractivity contribution in [3.63, 3.8) is 0 Å². The van der Waals surface area contributed by atoms with Crippen molar-refractivity contribution in [2.24, 2.45) is 5.41 Å². The number of benzene rings is 1. The van der Waals surface area contributed by atoms with Crippen molar-refractivity contribution in [2.75, 3.05) is 18.4 Å². The van der Waals surface area contributed by atoms with Gasteiger partial charge >= 0.3 is 6.18 Å². The normalized spacial score (nSPS) is 30.5. The van der Waals surface area contributed by atoms with Crippen LogP contribution in [-0.4, -0.2) is 45.7 Å². The van der Waals surface area contributed by atoms with Crippen LogP contribution in [0.1, 0.15) is 88.9 Å². The molecule has 8 nitrogen and oxygen atoms in total. The number of carbonyl (C=O) groups is 2. The number of hydrogen-bond donors (Lipinski definition) is 3. The standard InChI is InChI=1S/C29H35F4N5O3/c30-27-12-11-26(27)17-28(26,14-13-27)35-16-5-3-1-2-4-15-34-18-7-6-8-19-22(18)24(41)38(25(36-19)29(31,32)33)20-9-10-21(39)37-23(20)40/h6-8,20,34-35H,1-5,9-17H2,(H,37,39,40). The number of anilines is 1. The van der Waals surface area contributed by atoms with Gasteiger partial charge in [-0.15, -0.1) is 0 Å². The lowest BCUT2D eigenvalue weighted by atomic mass is 9.68. The molecule has 0 bridgehead atoms. The first kappa shape index (κ1) is 28.1. The monoisotopic (exact) mass is 577 g/mol. The Kier molecular flexibility index (Phi) is 6.90. The summed E-state index contributed by atoms with van der Waals surface area (Å²) in [5, 5.41) is 8.83. The highest BCUT2D eigenvalue weighted by molar-refractivity contribution is 5.99. The number of halogens is 4. The van der Waals surface area contributed by atoms with Gasteiger partial charge in [0.25, 0.3) is 5.56 Å². The van der Waals surface area contributed by atoms with Crippen LogP contribution in [0.25, 0.3) is 10.9 Å². The summed E-state index contributed by atoms with van der Waals surface area (Å²) >= 11 is 0. The zero-order chi connectivity index (χ0) is 29.0. The Hall–Kier alpha value is -3.02. The summed E-state index contributed by atoms with van der Waals surface area (Å²) in [5.74, 6) is -3.00. The zero-order valence-electron chi connectivity index (χ0n) is 22.8. The molecular formula is C29H35F4N5O3. The van der Waals surface area contributed by atoms with E-state index in [0.717, 1.165) is 64.3 Å². The molecule has 4 fully saturated rings. The van der Waals surface area contributed by atoms with E-state index in [0.29, 0.717) is 23.2 Å². The van der Waals surface area contributed by atoms with Crippen LogP contribution in [-0.2, 0) is 15.8 Å². The summed E-state index contributed by atoms with van der Waals surface area (Å²) in [6, 6.07) is 3.00. The van der Waals surface area contributed by atoms with Crippen LogP contribution in [0.15, 0.2) is 23.0 Å². The van der Waals surface area contributed by atoms with Crippen molar-refractivity contribution in [3.8, 4) is 0 Å². The van der Waals surface area contributed by atoms with Crippen LogP contribution in [0.5, 0.6) is 0 Å². The molecule has 1 aromatic carbocycles. The summed E-state index contributed by atoms with van der Waals surface area (Å²) in [7, 11) is 0. The third kappa shape index (κ3) is 4.62. The summed E-state index contributed by atoms with van der Waals surface area (Å²) in [6.45, 7) is 1.42. The number of alkyl halides is 4. The Morgan fingerprint density at radius 3 is 2.39 bits per heavy atom. The topological polar surface area (TPSA) is 105 Å². The largest absolute Gasteiger partial charge is 0.449 e. The number of nitrogens with zero attached hydrogens (tertiary/aromatic N) is 2. The number of amides is 2. The zero-order valence-corrected chi connectivity index (χ0v) is 22.8. The number of imide groups is 1. The fraction of sp³-hybridized carbons (Fsp3) is 0.655. The van der Waals surface area contributed by atoms with Crippen molar-refractivity contribution in [1.82, 2.24) is 20.2 Å². The fourth-order valence-electron chi connectivity index (χ4n) is 7.65. The molecule has 1 saturated heterocycles. The number of hydrogen-bond acceptors (Lipinski definition) is 6. The maximum absolute atomic E-state index is 14.8. The van der Waals surface area contributed by atoms with Crippen molar-refractivity contribution < 1.29 is 27.2 Å². The fourth-order valence-corrected chi connectivity index (χ4v) is 7.65. The molecule has 2 aromatic rings. The van der Waals surface area contributed by atoms with Gasteiger partial charge in [-0.3, -0.25) is 24.3 Å². The van der Waals surface area contributed by atoms with Crippen LogP contribution < -0.4 is 21.5 Å². The molecule has 3 aliphatic carbocycles. The molecule has 0 radical (unpaired) electrons. The predicted molar refractivity (Wildman–Crippen MR) is 144 cm³/mol. The van der Waals surface area contributed by atoms with Gasteiger partial charge in [0, 0.05) is 29.6 Å². The molecule has 3 N–H and O–H groups in total. The van der Waals surface area contributed by atoms with E-state index in [4.69, 9.17) is 0 Å². The molecule has 2 amide bonds. The smallest absolute Gasteiger partial charge is 0.384 e. The number of rotatable bonds is 11. The van der Waals surface area contributed by atoms with E-state index in [1.54, 1.807) is 6.07 Å². The van der Waals surface area contributed by atoms with Crippen LogP contribution in [0.4, 0.5) is 23.2 Å². The molecule has 6 rings (SSSR count). The number of nitrogens with one attached hydrogen (secondary N) is 3. The number of unbranched alkanes of at least 4 members (excludes halogenated alkanes) is 4. The van der Waals surface area contributed by atoms with Crippen molar-refractivity contribution in [2.45, 2.75) is 100 Å². The second-order valence-electron chi connectivity index (χ2n) is 12.2. The first-order chi connectivity index (χ1) is 19.5. The van der Waals surface area contributed by atoms with E-state index in [1.807, 2.05) is 5.32 Å². The van der Waals surface area contributed by atoms with Gasteiger partial charge in [0.1, 0.15) is 11.7 Å². The molecule has 1 aromatic heterocycles. The lowest BCUT2D eigenvalue weighted by molar-refractivity contribution is -0.150. The van der Waals surface area contributed by atoms with Crippen molar-refractivity contribution in [3.05, 3.63) is 34.4 Å². The Morgan fingerprint density at radius 1 is 1.00 bits per heavy atom. The minimum Gasteiger partial charge on any atom is -0.384 e. The third-order valence-corrected chi connectivity index (χ3v) is 9.99. The highest BCUT2D eigenvalue weighted by Gasteiger charge is 2.84. The minimum atomic E-state index is -4.97. The quantitative estimate of drug-likeness (QED) is 0.202. The minimum absolute atomic E-state index is 0.0239. The first-order valence-corrected chi connectivity index (χ1v) is 14.6. The molecular weight excluding hydrogens is 542 g/mol. The lowest BCUT2D eigenvalue weighted by Crippen LogP contribution is -2.47. The molecule has 12 heteroatoms. The van der Waals surface area contributed by atoms with E-state index in [2.05, 4.69) is 15.6 Å². The average Bonchev–Trinajstić information content (AvgIpc) is 3.58. The number of piperidine rings is 1. The van der Waals surface area contributed by atoms with E-state index >= 15 is 0 Å². The maximum atomic E-state index is 14.8. The van der Waals surface area contributed by atoms with Crippen molar-refractivity contribution >= 4 is 28.4 Å². The second kappa shape index (κ2) is 10.1. The van der Waals surface area contributed by atoms with Crippen LogP contribution in [0.3, 0.4) is 0 Å². The van der Waals surface area contributed by atoms with E-state index < -0.39 is 41.1 Å². The molecule has 3 saturated carbocycles. The summed E-state index contributed by atoms with van der Waals surface area (Å²) in [5.41, 5.74) is -1.66. The van der Waals surface area contributed by atoms with E-state index in [-0.39, 0.29) is 34.7 Å². The van der Waals surface area contributed by atoms with Crippen LogP contribution >= 0.6 is 0 Å². The Balaban J connectivity index is 1.04. The van der Waals surface area contributed by atoms with Gasteiger partial charge in [0.2, 0.25) is 17.6 Å². The average molecular weight is 578 g/mol. The molecule has 222 valence electrons. The van der Waals surface area contributed by atoms with Gasteiger partial charge in [-0.05, 0) is 70.0 Å². The maximum Gasteiger partial charge on any atom is 0.449 e. The molecule has 2 heterocycles. The molecule has 4 unspecified atom stereocenters. The highest BCUT2D eigenvalue weighted by atomic mass is 19.4. The van der Waals surface area contributed by atoms with E-state index in [9.17, 15) is 31.9 Å². The van der Waals surface area contributed by atoms with Gasteiger partial charge in [-0.1, -0.05) is 25.3 Å². The third-order valence-electron chi connectivity index (χ3n) is 9.99. The van der Waals surface area contributed by atoms with Crippen molar-refractivity contribution in [1.29, 1.82) is 0 Å². The summed E-state index contributed by atoms with van der Waals surface area (Å²) in [4.78, 5) is 41.1. The Labute approximate surface area is 234 Å². The van der Waals surface area contributed by atoms with Crippen LogP contribution in [0.2, 0.25) is 0 Å². The van der Waals surface area contributed by atoms with Gasteiger partial charge in [-0.2, -0.15) is 13.2 Å². The Bertz CT molecular complexity index is 1440. The molecule has 1 spiro atoms. The van der Waals surface area contributed by atoms with Gasteiger partial charge in [-0.25, -0.2) is 9.37 Å². The SMILES string of the molecule is O=C1CCC(n2c(C(F)(F)F)nc3cccc(NCCCCCCCNC45CCC6(F)CCC64C5)c3c2=O)C(=O)N1. The molecule has 41 heavy (non-hydrogen) atoms. The molecule has 4 aliphatic rings. The predicted octanol–water partition coefficient (Wildman–Crippen LogP) is 4.77. The van der Waals surface area contributed by atoms with E-state index in [1.165, 1.54) is 12.1 Å². The van der Waals surface area contributed by atoms with Gasteiger partial charge in [0.05, 0.1) is 10.9 Å². The Morgan fingerprint density at radius 2 is 1.73 bits per heavy atom. The highest BCUT2D eigenvalue weighted by Crippen LogP contribution is 2.81.